The zero-order chi connectivity index (χ0) is 18.5. The highest BCUT2D eigenvalue weighted by Gasteiger charge is 2.58. The minimum absolute atomic E-state index is 0.129. The van der Waals surface area contributed by atoms with E-state index in [1.807, 2.05) is 5.32 Å². The van der Waals surface area contributed by atoms with Crippen LogP contribution < -0.4 is 11.1 Å². The lowest BCUT2D eigenvalue weighted by Gasteiger charge is -2.55. The molecule has 0 bridgehead atoms. The number of rotatable bonds is 1. The van der Waals surface area contributed by atoms with Crippen LogP contribution >= 0.6 is 10.6 Å². The maximum Gasteiger partial charge on any atom is 0.410 e. The number of amidine groups is 1. The molecule has 1 aromatic carbocycles. The number of alkyl halides is 1. The quantitative estimate of drug-likeness (QED) is 0.490. The molecule has 1 aliphatic rings. The topological polar surface area (TPSA) is 128 Å². The summed E-state index contributed by atoms with van der Waals surface area (Å²) >= 11 is 0. The predicted molar refractivity (Wildman–Crippen MR) is 88.6 cm³/mol. The first-order chi connectivity index (χ1) is 10.8. The lowest BCUT2D eigenvalue weighted by molar-refractivity contribution is 0.198. The van der Waals surface area contributed by atoms with Crippen molar-refractivity contribution in [3.05, 3.63) is 29.6 Å². The summed E-state index contributed by atoms with van der Waals surface area (Å²) < 4.78 is 48.4. The number of anilines is 1. The Hall–Kier alpha value is -1.91. The highest BCUT2D eigenvalue weighted by Crippen LogP contribution is 2.65. The third kappa shape index (κ3) is 2.60. The lowest BCUT2D eigenvalue weighted by Crippen LogP contribution is -2.57. The van der Waals surface area contributed by atoms with E-state index < -0.39 is 38.3 Å². The fraction of sp³-hybridized carbons (Fsp3) is 0.429. The summed E-state index contributed by atoms with van der Waals surface area (Å²) in [7, 11) is -4.05. The monoisotopic (exact) mass is 363 g/mol. The van der Waals surface area contributed by atoms with Gasteiger partial charge in [-0.1, -0.05) is 0 Å². The molecule has 0 spiro atoms. The van der Waals surface area contributed by atoms with Gasteiger partial charge < -0.3 is 10.8 Å². The van der Waals surface area contributed by atoms with Gasteiger partial charge in [-0.25, -0.2) is 13.6 Å². The normalized spacial score (nSPS) is 29.5. The van der Waals surface area contributed by atoms with Crippen molar-refractivity contribution in [2.45, 2.75) is 36.6 Å². The van der Waals surface area contributed by atoms with Crippen molar-refractivity contribution in [2.24, 2.45) is 4.99 Å². The van der Waals surface area contributed by atoms with Crippen LogP contribution in [0.2, 0.25) is 0 Å². The molecule has 1 amide bonds. The van der Waals surface area contributed by atoms with Crippen molar-refractivity contribution in [2.75, 3.05) is 5.73 Å². The van der Waals surface area contributed by atoms with Gasteiger partial charge in [-0.2, -0.15) is 10.6 Å². The Morgan fingerprint density at radius 3 is 2.50 bits per heavy atom. The molecule has 0 fully saturated rings. The average Bonchev–Trinajstić information content (AvgIpc) is 2.46. The summed E-state index contributed by atoms with van der Waals surface area (Å²) in [6.45, 7) is 3.65. The van der Waals surface area contributed by atoms with Crippen molar-refractivity contribution >= 4 is 28.2 Å². The molecule has 0 saturated heterocycles. The zero-order valence-electron chi connectivity index (χ0n) is 13.2. The summed E-state index contributed by atoms with van der Waals surface area (Å²) in [5.74, 6) is -1.21. The van der Waals surface area contributed by atoms with Crippen molar-refractivity contribution in [3.8, 4) is 0 Å². The van der Waals surface area contributed by atoms with E-state index in [9.17, 15) is 18.3 Å². The first-order valence-electron chi connectivity index (χ1n) is 6.90. The van der Waals surface area contributed by atoms with Gasteiger partial charge >= 0.3 is 6.09 Å². The number of aliphatic imine (C=N–C) groups is 1. The van der Waals surface area contributed by atoms with E-state index in [1.54, 1.807) is 0 Å². The second-order valence-corrected chi connectivity index (χ2v) is 8.82. The Labute approximate surface area is 138 Å². The smallest absolute Gasteiger partial charge is 0.410 e. The number of nitrogens with zero attached hydrogens (tertiary/aromatic N) is 1. The molecule has 6 N–H and O–H groups in total. The van der Waals surface area contributed by atoms with E-state index in [0.717, 1.165) is 19.1 Å². The highest BCUT2D eigenvalue weighted by molar-refractivity contribution is 8.26. The molecular weight excluding hydrogens is 344 g/mol. The molecule has 10 heteroatoms. The molecule has 1 heterocycles. The molecule has 1 aliphatic heterocycles. The Bertz CT molecular complexity index is 726. The number of carbonyl (C=O) groups is 1. The van der Waals surface area contributed by atoms with Gasteiger partial charge in [0.2, 0.25) is 5.50 Å². The molecule has 1 aromatic rings. The fourth-order valence-electron chi connectivity index (χ4n) is 2.53. The van der Waals surface area contributed by atoms with Gasteiger partial charge in [0.05, 0.1) is 0 Å². The predicted octanol–water partition coefficient (Wildman–Crippen LogP) is 3.13. The van der Waals surface area contributed by atoms with Gasteiger partial charge in [0, 0.05) is 11.3 Å². The second kappa shape index (κ2) is 5.57. The SMILES string of the molecule is CC1(C)C(NC(=O)O)=N[C@](C)(c2cc(N)ccc2F)[C@@H](F)S1(O)O. The number of hydrogen-bond acceptors (Lipinski definition) is 5. The standard InChI is InChI=1S/C14H19F2N3O4S/c1-13(2)11(18-12(20)21)19-14(3,10(16)24(13,22)23)8-6-7(17)4-5-9(8)15/h4-6,10,22-23H,17H2,1-3H3,(H,18,19)(H,20,21)/t10-,14+/m0/s1. The van der Waals surface area contributed by atoms with Gasteiger partial charge in [-0.15, -0.1) is 0 Å². The first kappa shape index (κ1) is 18.4. The van der Waals surface area contributed by atoms with Gasteiger partial charge in [-0.3, -0.25) is 19.4 Å². The van der Waals surface area contributed by atoms with Crippen LogP contribution in [0.25, 0.3) is 0 Å². The van der Waals surface area contributed by atoms with Crippen LogP contribution in [0.5, 0.6) is 0 Å². The molecule has 2 atom stereocenters. The molecule has 0 radical (unpaired) electrons. The van der Waals surface area contributed by atoms with Crippen molar-refractivity contribution in [1.29, 1.82) is 0 Å². The van der Waals surface area contributed by atoms with E-state index in [1.165, 1.54) is 19.9 Å². The van der Waals surface area contributed by atoms with Gasteiger partial charge in [-0.05, 0) is 39.0 Å². The Morgan fingerprint density at radius 2 is 1.96 bits per heavy atom. The van der Waals surface area contributed by atoms with Gasteiger partial charge in [0.1, 0.15) is 21.9 Å². The molecule has 0 aromatic heterocycles. The minimum atomic E-state index is -4.05. The number of benzene rings is 1. The molecule has 134 valence electrons. The summed E-state index contributed by atoms with van der Waals surface area (Å²) in [5, 5.41) is 10.9. The van der Waals surface area contributed by atoms with E-state index in [2.05, 4.69) is 4.99 Å². The maximum atomic E-state index is 15.1. The number of nitrogens with two attached hydrogens (primary N) is 1. The largest absolute Gasteiger partial charge is 0.465 e. The molecule has 0 saturated carbocycles. The van der Waals surface area contributed by atoms with Gasteiger partial charge in [0.15, 0.2) is 0 Å². The number of nitrogens with one attached hydrogen (secondary N) is 1. The maximum absolute atomic E-state index is 15.1. The number of nitrogen functional groups attached to an aromatic ring is 1. The van der Waals surface area contributed by atoms with Crippen LogP contribution in [-0.2, 0) is 5.54 Å². The number of halogens is 2. The van der Waals surface area contributed by atoms with Crippen LogP contribution in [-0.4, -0.2) is 36.4 Å². The molecule has 0 unspecified atom stereocenters. The van der Waals surface area contributed by atoms with Gasteiger partial charge in [0.25, 0.3) is 0 Å². The van der Waals surface area contributed by atoms with E-state index in [0.29, 0.717) is 0 Å². The highest BCUT2D eigenvalue weighted by atomic mass is 32.3. The zero-order valence-corrected chi connectivity index (χ0v) is 14.1. The summed E-state index contributed by atoms with van der Waals surface area (Å²) in [4.78, 5) is 15.0. The number of amides is 1. The Morgan fingerprint density at radius 1 is 1.38 bits per heavy atom. The fourth-order valence-corrected chi connectivity index (χ4v) is 4.25. The summed E-state index contributed by atoms with van der Waals surface area (Å²) in [6, 6.07) is 3.41. The summed E-state index contributed by atoms with van der Waals surface area (Å²) in [6.07, 6.45) is -1.51. The lowest BCUT2D eigenvalue weighted by atomic mass is 9.92. The molecular formula is C14H19F2N3O4S. The van der Waals surface area contributed by atoms with Crippen LogP contribution in [0.3, 0.4) is 0 Å². The first-order valence-corrected chi connectivity index (χ1v) is 8.51. The van der Waals surface area contributed by atoms with Crippen LogP contribution in [0.1, 0.15) is 26.3 Å². The van der Waals surface area contributed by atoms with Crippen LogP contribution in [0.15, 0.2) is 23.2 Å². The second-order valence-electron chi connectivity index (χ2n) is 6.20. The van der Waals surface area contributed by atoms with Crippen LogP contribution in [0, 0.1) is 5.82 Å². The van der Waals surface area contributed by atoms with Crippen molar-refractivity contribution in [3.63, 3.8) is 0 Å². The third-order valence-electron chi connectivity index (χ3n) is 4.16. The van der Waals surface area contributed by atoms with E-state index in [4.69, 9.17) is 10.8 Å². The number of carboxylic acid groups (broad SMARTS) is 1. The number of hydrogen-bond donors (Lipinski definition) is 5. The molecule has 0 aliphatic carbocycles. The minimum Gasteiger partial charge on any atom is -0.465 e. The Kier molecular flexibility index (Phi) is 4.28. The van der Waals surface area contributed by atoms with Crippen molar-refractivity contribution in [1.82, 2.24) is 5.32 Å². The molecule has 2 rings (SSSR count). The summed E-state index contributed by atoms with van der Waals surface area (Å²) in [5.41, 5.74) is 1.01. The average molecular weight is 363 g/mol. The van der Waals surface area contributed by atoms with E-state index in [-0.39, 0.29) is 17.1 Å². The Balaban J connectivity index is 2.76. The molecule has 7 nitrogen and oxygen atoms in total. The van der Waals surface area contributed by atoms with E-state index >= 15 is 4.39 Å². The van der Waals surface area contributed by atoms with Crippen molar-refractivity contribution < 1.29 is 27.8 Å². The van der Waals surface area contributed by atoms with Crippen LogP contribution in [0.4, 0.5) is 19.3 Å². The molecule has 24 heavy (non-hydrogen) atoms. The third-order valence-corrected chi connectivity index (χ3v) is 6.89.